The van der Waals surface area contributed by atoms with Crippen LogP contribution in [0.2, 0.25) is 10.0 Å². The number of hydrogen-bond acceptors (Lipinski definition) is 2. The molecule has 6 heteroatoms. The minimum atomic E-state index is -0.139. The van der Waals surface area contributed by atoms with Crippen LogP contribution in [0.4, 0.5) is 0 Å². The normalized spacial score (nSPS) is 10.6. The van der Waals surface area contributed by atoms with Crippen LogP contribution < -0.4 is 0 Å². The number of rotatable bonds is 2. The van der Waals surface area contributed by atoms with Gasteiger partial charge in [0, 0.05) is 20.4 Å². The van der Waals surface area contributed by atoms with E-state index in [2.05, 4.69) is 31.9 Å². The number of hydrogen-bond donors (Lipinski definition) is 0. The molecule has 1 aromatic heterocycles. The third kappa shape index (κ3) is 2.76. The molecule has 1 nitrogen and oxygen atoms in total. The average molecular weight is 415 g/mol. The SMILES string of the molecule is O=C(c1cc(Cl)ccc1Cl)c1scc(Br)c1Br. The maximum atomic E-state index is 12.3. The zero-order valence-corrected chi connectivity index (χ0v) is 13.6. The molecule has 0 spiro atoms. The van der Waals surface area contributed by atoms with Gasteiger partial charge in [-0.1, -0.05) is 23.2 Å². The molecule has 2 aromatic rings. The third-order valence-electron chi connectivity index (χ3n) is 2.07. The van der Waals surface area contributed by atoms with Crippen LogP contribution in [0.1, 0.15) is 15.2 Å². The summed E-state index contributed by atoms with van der Waals surface area (Å²) in [7, 11) is 0. The predicted octanol–water partition coefficient (Wildman–Crippen LogP) is 5.81. The Bertz CT molecular complexity index is 595. The Morgan fingerprint density at radius 2 is 1.94 bits per heavy atom. The van der Waals surface area contributed by atoms with Crippen LogP contribution in [-0.2, 0) is 0 Å². The van der Waals surface area contributed by atoms with E-state index in [-0.39, 0.29) is 5.78 Å². The van der Waals surface area contributed by atoms with Crippen molar-refractivity contribution in [1.29, 1.82) is 0 Å². The van der Waals surface area contributed by atoms with Gasteiger partial charge >= 0.3 is 0 Å². The summed E-state index contributed by atoms with van der Waals surface area (Å²) in [6.45, 7) is 0. The van der Waals surface area contributed by atoms with Crippen LogP contribution in [-0.4, -0.2) is 5.78 Å². The molecule has 88 valence electrons. The highest BCUT2D eigenvalue weighted by Gasteiger charge is 2.19. The van der Waals surface area contributed by atoms with Crippen molar-refractivity contribution in [2.24, 2.45) is 0 Å². The van der Waals surface area contributed by atoms with Gasteiger partial charge in [0.1, 0.15) is 0 Å². The lowest BCUT2D eigenvalue weighted by Gasteiger charge is -2.03. The van der Waals surface area contributed by atoms with Crippen LogP contribution in [0.3, 0.4) is 0 Å². The topological polar surface area (TPSA) is 17.1 Å². The molecule has 0 atom stereocenters. The lowest BCUT2D eigenvalue weighted by atomic mass is 10.1. The number of thiophene rings is 1. The van der Waals surface area contributed by atoms with Crippen LogP contribution in [0.5, 0.6) is 0 Å². The molecule has 0 fully saturated rings. The Kier molecular flexibility index (Phi) is 4.31. The molecule has 0 N–H and O–H groups in total. The summed E-state index contributed by atoms with van der Waals surface area (Å²) < 4.78 is 1.59. The highest BCUT2D eigenvalue weighted by Crippen LogP contribution is 2.35. The molecule has 0 unspecified atom stereocenters. The largest absolute Gasteiger partial charge is 0.288 e. The quantitative estimate of drug-likeness (QED) is 0.566. The van der Waals surface area contributed by atoms with Gasteiger partial charge in [-0.3, -0.25) is 4.79 Å². The first kappa shape index (κ1) is 13.6. The Labute approximate surface area is 129 Å². The molecule has 0 radical (unpaired) electrons. The van der Waals surface area contributed by atoms with E-state index in [4.69, 9.17) is 23.2 Å². The lowest BCUT2D eigenvalue weighted by molar-refractivity contribution is 0.104. The number of halogens is 4. The van der Waals surface area contributed by atoms with E-state index in [0.717, 1.165) is 8.95 Å². The molecule has 17 heavy (non-hydrogen) atoms. The minimum absolute atomic E-state index is 0.139. The maximum absolute atomic E-state index is 12.3. The summed E-state index contributed by atoms with van der Waals surface area (Å²) in [4.78, 5) is 12.9. The van der Waals surface area contributed by atoms with Crippen LogP contribution in [0, 0.1) is 0 Å². The average Bonchev–Trinajstić information content (AvgIpc) is 2.62. The zero-order chi connectivity index (χ0) is 12.6. The molecule has 0 saturated carbocycles. The van der Waals surface area contributed by atoms with Crippen molar-refractivity contribution in [3.05, 3.63) is 53.0 Å². The van der Waals surface area contributed by atoms with Gasteiger partial charge in [-0.15, -0.1) is 11.3 Å². The maximum Gasteiger partial charge on any atom is 0.205 e. The zero-order valence-electron chi connectivity index (χ0n) is 8.14. The van der Waals surface area contributed by atoms with Crippen molar-refractivity contribution in [2.75, 3.05) is 0 Å². The first-order valence-electron chi connectivity index (χ1n) is 4.43. The Hall–Kier alpha value is 0.130. The fourth-order valence-electron chi connectivity index (χ4n) is 1.27. The molecule has 0 aliphatic heterocycles. The minimum Gasteiger partial charge on any atom is -0.288 e. The van der Waals surface area contributed by atoms with E-state index in [1.807, 2.05) is 5.38 Å². The van der Waals surface area contributed by atoms with Crippen LogP contribution in [0.25, 0.3) is 0 Å². The van der Waals surface area contributed by atoms with Gasteiger partial charge in [0.2, 0.25) is 5.78 Å². The second-order valence-electron chi connectivity index (χ2n) is 3.18. The Morgan fingerprint density at radius 3 is 2.53 bits per heavy atom. The molecule has 0 amide bonds. The van der Waals surface area contributed by atoms with Crippen molar-refractivity contribution in [1.82, 2.24) is 0 Å². The van der Waals surface area contributed by atoms with Gasteiger partial charge in [-0.25, -0.2) is 0 Å². The van der Waals surface area contributed by atoms with Crippen molar-refractivity contribution in [2.45, 2.75) is 0 Å². The van der Waals surface area contributed by atoms with Crippen molar-refractivity contribution < 1.29 is 4.79 Å². The smallest absolute Gasteiger partial charge is 0.205 e. The number of carbonyl (C=O) groups is 1. The molecule has 1 aromatic carbocycles. The highest BCUT2D eigenvalue weighted by atomic mass is 79.9. The fraction of sp³-hybridized carbons (Fsp3) is 0. The Morgan fingerprint density at radius 1 is 1.24 bits per heavy atom. The standard InChI is InChI=1S/C11H4Br2Cl2OS/c12-7-4-17-11(9(7)13)10(16)6-3-5(14)1-2-8(6)15/h1-4H. The van der Waals surface area contributed by atoms with Crippen molar-refractivity contribution in [3.63, 3.8) is 0 Å². The van der Waals surface area contributed by atoms with Crippen LogP contribution in [0.15, 0.2) is 32.5 Å². The molecular weight excluding hydrogens is 411 g/mol. The van der Waals surface area contributed by atoms with Gasteiger partial charge in [0.15, 0.2) is 0 Å². The second-order valence-corrected chi connectivity index (χ2v) is 6.55. The van der Waals surface area contributed by atoms with Gasteiger partial charge < -0.3 is 0 Å². The van der Waals surface area contributed by atoms with Gasteiger partial charge in [0.25, 0.3) is 0 Å². The molecule has 0 saturated heterocycles. The first-order valence-corrected chi connectivity index (χ1v) is 7.65. The number of carbonyl (C=O) groups excluding carboxylic acids is 1. The fourth-order valence-corrected chi connectivity index (χ4v) is 3.75. The van der Waals surface area contributed by atoms with Crippen LogP contribution >= 0.6 is 66.4 Å². The summed E-state index contributed by atoms with van der Waals surface area (Å²) in [6, 6.07) is 4.85. The van der Waals surface area contributed by atoms with E-state index in [1.54, 1.807) is 18.2 Å². The predicted molar refractivity (Wildman–Crippen MR) is 79.6 cm³/mol. The summed E-state index contributed by atoms with van der Waals surface area (Å²) in [5.74, 6) is -0.139. The lowest BCUT2D eigenvalue weighted by Crippen LogP contribution is -2.00. The third-order valence-corrected chi connectivity index (χ3v) is 6.16. The van der Waals surface area contributed by atoms with Gasteiger partial charge in [0.05, 0.1) is 14.4 Å². The Balaban J connectivity index is 2.51. The summed E-state index contributed by atoms with van der Waals surface area (Å²) in [5.41, 5.74) is 0.411. The van der Waals surface area contributed by atoms with Crippen molar-refractivity contribution >= 4 is 72.2 Å². The van der Waals surface area contributed by atoms with E-state index in [0.29, 0.717) is 20.5 Å². The molecule has 0 aliphatic carbocycles. The first-order chi connectivity index (χ1) is 8.00. The molecule has 1 heterocycles. The summed E-state index contributed by atoms with van der Waals surface area (Å²) in [6.07, 6.45) is 0. The molecule has 0 aliphatic rings. The number of benzene rings is 1. The summed E-state index contributed by atoms with van der Waals surface area (Å²) in [5, 5.41) is 2.73. The molecule has 2 rings (SSSR count). The van der Waals surface area contributed by atoms with Gasteiger partial charge in [-0.05, 0) is 50.1 Å². The number of ketones is 1. The summed E-state index contributed by atoms with van der Waals surface area (Å²) >= 11 is 19.9. The van der Waals surface area contributed by atoms with Crippen molar-refractivity contribution in [3.8, 4) is 0 Å². The van der Waals surface area contributed by atoms with Gasteiger partial charge in [-0.2, -0.15) is 0 Å². The van der Waals surface area contributed by atoms with E-state index < -0.39 is 0 Å². The monoisotopic (exact) mass is 412 g/mol. The highest BCUT2D eigenvalue weighted by molar-refractivity contribution is 9.13. The molecular formula is C11H4Br2Cl2OS. The van der Waals surface area contributed by atoms with E-state index in [1.165, 1.54) is 11.3 Å². The van der Waals surface area contributed by atoms with E-state index >= 15 is 0 Å². The molecule has 0 bridgehead atoms. The second kappa shape index (κ2) is 5.41. The van der Waals surface area contributed by atoms with E-state index in [9.17, 15) is 4.79 Å².